The molecular formula is C11H12F2N2. The zero-order chi connectivity index (χ0) is 11.3. The molecule has 0 spiro atoms. The normalized spacial score (nSPS) is 10.3. The highest BCUT2D eigenvalue weighted by atomic mass is 19.1. The molecule has 0 fully saturated rings. The van der Waals surface area contributed by atoms with Gasteiger partial charge in [-0.05, 0) is 25.1 Å². The topological polar surface area (TPSA) is 27.0 Å². The van der Waals surface area contributed by atoms with Gasteiger partial charge in [0.25, 0.3) is 0 Å². The van der Waals surface area contributed by atoms with Gasteiger partial charge < -0.3 is 0 Å². The number of likely N-dealkylation sites (N-methyl/N-ethyl adjacent to an activating group) is 1. The highest BCUT2D eigenvalue weighted by molar-refractivity contribution is 5.18. The molecule has 0 heterocycles. The SMILES string of the molecule is CN(CC#N)CCc1ccc(F)cc1F. The van der Waals surface area contributed by atoms with E-state index in [1.807, 2.05) is 6.07 Å². The van der Waals surface area contributed by atoms with Crippen LogP contribution >= 0.6 is 0 Å². The van der Waals surface area contributed by atoms with Crippen LogP contribution in [0.5, 0.6) is 0 Å². The lowest BCUT2D eigenvalue weighted by molar-refractivity contribution is 0.376. The molecule has 1 aromatic rings. The van der Waals surface area contributed by atoms with Crippen LogP contribution in [0, 0.1) is 23.0 Å². The fourth-order valence-electron chi connectivity index (χ4n) is 1.24. The van der Waals surface area contributed by atoms with E-state index in [1.165, 1.54) is 12.1 Å². The Morgan fingerprint density at radius 1 is 1.40 bits per heavy atom. The van der Waals surface area contributed by atoms with Crippen LogP contribution in [0.4, 0.5) is 8.78 Å². The molecule has 1 aromatic carbocycles. The first kappa shape index (κ1) is 11.6. The minimum Gasteiger partial charge on any atom is -0.293 e. The molecule has 0 amide bonds. The minimum atomic E-state index is -0.568. The van der Waals surface area contributed by atoms with E-state index < -0.39 is 11.6 Å². The van der Waals surface area contributed by atoms with Gasteiger partial charge in [-0.2, -0.15) is 5.26 Å². The second kappa shape index (κ2) is 5.42. The third-order valence-corrected chi connectivity index (χ3v) is 2.12. The number of rotatable bonds is 4. The van der Waals surface area contributed by atoms with Gasteiger partial charge in [0.15, 0.2) is 0 Å². The van der Waals surface area contributed by atoms with Crippen LogP contribution in [-0.2, 0) is 6.42 Å². The number of halogens is 2. The lowest BCUT2D eigenvalue weighted by Crippen LogP contribution is -2.21. The highest BCUT2D eigenvalue weighted by Gasteiger charge is 2.04. The fraction of sp³-hybridized carbons (Fsp3) is 0.364. The van der Waals surface area contributed by atoms with Crippen molar-refractivity contribution < 1.29 is 8.78 Å². The first-order valence-electron chi connectivity index (χ1n) is 4.63. The molecule has 2 nitrogen and oxygen atoms in total. The Morgan fingerprint density at radius 2 is 2.13 bits per heavy atom. The number of nitriles is 1. The van der Waals surface area contributed by atoms with Crippen LogP contribution in [0.15, 0.2) is 18.2 Å². The van der Waals surface area contributed by atoms with Crippen LogP contribution in [0.2, 0.25) is 0 Å². The van der Waals surface area contributed by atoms with Crippen molar-refractivity contribution in [1.29, 1.82) is 5.26 Å². The standard InChI is InChI=1S/C11H12F2N2/c1-15(7-5-14)6-4-9-2-3-10(12)8-11(9)13/h2-3,8H,4,6-7H2,1H3. The third-order valence-electron chi connectivity index (χ3n) is 2.12. The minimum absolute atomic E-state index is 0.308. The zero-order valence-electron chi connectivity index (χ0n) is 8.50. The second-order valence-electron chi connectivity index (χ2n) is 3.38. The van der Waals surface area contributed by atoms with Gasteiger partial charge in [-0.15, -0.1) is 0 Å². The Morgan fingerprint density at radius 3 is 2.73 bits per heavy atom. The first-order valence-corrected chi connectivity index (χ1v) is 4.63. The Labute approximate surface area is 87.7 Å². The summed E-state index contributed by atoms with van der Waals surface area (Å²) in [6, 6.07) is 5.55. The van der Waals surface area contributed by atoms with Crippen molar-refractivity contribution in [2.45, 2.75) is 6.42 Å². The first-order chi connectivity index (χ1) is 7.13. The number of benzene rings is 1. The maximum Gasteiger partial charge on any atom is 0.129 e. The van der Waals surface area contributed by atoms with Crippen LogP contribution in [0.3, 0.4) is 0 Å². The van der Waals surface area contributed by atoms with Gasteiger partial charge in [0.05, 0.1) is 12.6 Å². The van der Waals surface area contributed by atoms with Gasteiger partial charge in [0.1, 0.15) is 11.6 Å². The average Bonchev–Trinajstić information content (AvgIpc) is 2.17. The Hall–Kier alpha value is -1.47. The van der Waals surface area contributed by atoms with Crippen molar-refractivity contribution in [3.05, 3.63) is 35.4 Å². The van der Waals surface area contributed by atoms with Gasteiger partial charge in [-0.3, -0.25) is 4.90 Å². The van der Waals surface area contributed by atoms with Crippen LogP contribution in [-0.4, -0.2) is 25.0 Å². The van der Waals surface area contributed by atoms with E-state index in [4.69, 9.17) is 5.26 Å². The largest absolute Gasteiger partial charge is 0.293 e. The Balaban J connectivity index is 2.55. The molecule has 0 aliphatic rings. The van der Waals surface area contributed by atoms with Crippen LogP contribution in [0.1, 0.15) is 5.56 Å². The monoisotopic (exact) mass is 210 g/mol. The molecule has 80 valence electrons. The summed E-state index contributed by atoms with van der Waals surface area (Å²) in [5.74, 6) is -1.10. The summed E-state index contributed by atoms with van der Waals surface area (Å²) in [5.41, 5.74) is 0.473. The average molecular weight is 210 g/mol. The Kier molecular flexibility index (Phi) is 4.19. The van der Waals surface area contributed by atoms with Crippen LogP contribution in [0.25, 0.3) is 0 Å². The molecule has 0 aliphatic heterocycles. The summed E-state index contributed by atoms with van der Waals surface area (Å²) in [4.78, 5) is 1.78. The molecule has 0 aromatic heterocycles. The van der Waals surface area contributed by atoms with E-state index in [9.17, 15) is 8.78 Å². The summed E-state index contributed by atoms with van der Waals surface area (Å²) in [6.07, 6.45) is 0.476. The second-order valence-corrected chi connectivity index (χ2v) is 3.38. The molecule has 0 saturated heterocycles. The van der Waals surface area contributed by atoms with E-state index in [0.29, 0.717) is 25.1 Å². The van der Waals surface area contributed by atoms with Crippen molar-refractivity contribution in [3.63, 3.8) is 0 Å². The summed E-state index contributed by atoms with van der Waals surface area (Å²) in [7, 11) is 1.78. The van der Waals surface area contributed by atoms with E-state index in [0.717, 1.165) is 6.07 Å². The quantitative estimate of drug-likeness (QED) is 0.710. The molecule has 0 radical (unpaired) electrons. The summed E-state index contributed by atoms with van der Waals surface area (Å²) in [5, 5.41) is 8.41. The molecule has 0 saturated carbocycles. The molecule has 0 bridgehead atoms. The van der Waals surface area contributed by atoms with E-state index >= 15 is 0 Å². The smallest absolute Gasteiger partial charge is 0.129 e. The number of hydrogen-bond acceptors (Lipinski definition) is 2. The maximum absolute atomic E-state index is 13.2. The van der Waals surface area contributed by atoms with Crippen molar-refractivity contribution in [1.82, 2.24) is 4.90 Å². The third kappa shape index (κ3) is 3.64. The molecular weight excluding hydrogens is 198 g/mol. The molecule has 0 aliphatic carbocycles. The van der Waals surface area contributed by atoms with Crippen molar-refractivity contribution in [3.8, 4) is 6.07 Å². The van der Waals surface area contributed by atoms with Gasteiger partial charge in [-0.1, -0.05) is 6.07 Å². The Bertz CT molecular complexity index is 371. The van der Waals surface area contributed by atoms with Crippen molar-refractivity contribution in [2.24, 2.45) is 0 Å². The maximum atomic E-state index is 13.2. The predicted molar refractivity (Wildman–Crippen MR) is 53.2 cm³/mol. The van der Waals surface area contributed by atoms with Crippen molar-refractivity contribution in [2.75, 3.05) is 20.1 Å². The molecule has 15 heavy (non-hydrogen) atoms. The molecule has 0 atom stereocenters. The molecule has 4 heteroatoms. The summed E-state index contributed by atoms with van der Waals surface area (Å²) in [6.45, 7) is 0.888. The fourth-order valence-corrected chi connectivity index (χ4v) is 1.24. The summed E-state index contributed by atoms with van der Waals surface area (Å²) < 4.78 is 25.7. The predicted octanol–water partition coefficient (Wildman–Crippen LogP) is 1.96. The zero-order valence-corrected chi connectivity index (χ0v) is 8.50. The summed E-state index contributed by atoms with van der Waals surface area (Å²) >= 11 is 0. The van der Waals surface area contributed by atoms with Gasteiger partial charge in [0.2, 0.25) is 0 Å². The van der Waals surface area contributed by atoms with Gasteiger partial charge in [-0.25, -0.2) is 8.78 Å². The van der Waals surface area contributed by atoms with Crippen molar-refractivity contribution >= 4 is 0 Å². The van der Waals surface area contributed by atoms with E-state index in [-0.39, 0.29) is 0 Å². The van der Waals surface area contributed by atoms with E-state index in [1.54, 1.807) is 11.9 Å². The van der Waals surface area contributed by atoms with Gasteiger partial charge >= 0.3 is 0 Å². The van der Waals surface area contributed by atoms with Gasteiger partial charge in [0, 0.05) is 12.6 Å². The molecule has 0 N–H and O–H groups in total. The number of nitrogens with zero attached hydrogens (tertiary/aromatic N) is 2. The molecule has 1 rings (SSSR count). The highest BCUT2D eigenvalue weighted by Crippen LogP contribution is 2.10. The lowest BCUT2D eigenvalue weighted by atomic mass is 10.1. The van der Waals surface area contributed by atoms with Crippen LogP contribution < -0.4 is 0 Å². The van der Waals surface area contributed by atoms with E-state index in [2.05, 4.69) is 0 Å². The number of hydrogen-bond donors (Lipinski definition) is 0. The molecule has 0 unspecified atom stereocenters. The lowest BCUT2D eigenvalue weighted by Gasteiger charge is -2.12.